The van der Waals surface area contributed by atoms with Crippen LogP contribution in [0.2, 0.25) is 0 Å². The normalized spacial score (nSPS) is 17.3. The Labute approximate surface area is 220 Å². The SMILES string of the molecule is COCCN1C[C@@H](NC(=O)Nc2cc3cc(F)c(C#N)cc3nc2-c2ccccc2)[C@H](c2ccccc2)C1. The molecule has 0 spiro atoms. The fourth-order valence-electron chi connectivity index (χ4n) is 4.99. The van der Waals surface area contributed by atoms with Crippen molar-refractivity contribution in [3.05, 3.63) is 95.8 Å². The van der Waals surface area contributed by atoms with Crippen LogP contribution >= 0.6 is 0 Å². The molecule has 0 bridgehead atoms. The zero-order valence-electron chi connectivity index (χ0n) is 21.0. The van der Waals surface area contributed by atoms with Crippen LogP contribution in [0.5, 0.6) is 0 Å². The van der Waals surface area contributed by atoms with Crippen LogP contribution in [0.15, 0.2) is 78.9 Å². The van der Waals surface area contributed by atoms with Gasteiger partial charge in [-0.05, 0) is 23.8 Å². The summed E-state index contributed by atoms with van der Waals surface area (Å²) in [5, 5.41) is 15.9. The molecule has 1 aliphatic rings. The van der Waals surface area contributed by atoms with Gasteiger partial charge in [-0.1, -0.05) is 60.7 Å². The molecule has 2 N–H and O–H groups in total. The highest BCUT2D eigenvalue weighted by Crippen LogP contribution is 2.32. The molecular weight excluding hydrogens is 481 g/mol. The van der Waals surface area contributed by atoms with E-state index < -0.39 is 5.82 Å². The number of anilines is 1. The van der Waals surface area contributed by atoms with Crippen LogP contribution in [0, 0.1) is 17.1 Å². The summed E-state index contributed by atoms with van der Waals surface area (Å²) in [6, 6.07) is 25.4. The van der Waals surface area contributed by atoms with Crippen molar-refractivity contribution in [1.29, 1.82) is 5.26 Å². The third-order valence-electron chi connectivity index (χ3n) is 6.87. The number of nitrogens with zero attached hydrogens (tertiary/aromatic N) is 3. The maximum Gasteiger partial charge on any atom is 0.319 e. The molecule has 1 saturated heterocycles. The number of likely N-dealkylation sites (tertiary alicyclic amines) is 1. The number of ether oxygens (including phenoxy) is 1. The number of methoxy groups -OCH3 is 1. The maximum atomic E-state index is 14.4. The van der Waals surface area contributed by atoms with E-state index >= 15 is 0 Å². The van der Waals surface area contributed by atoms with Crippen LogP contribution in [-0.2, 0) is 4.74 Å². The smallest absolute Gasteiger partial charge is 0.319 e. The quantitative estimate of drug-likeness (QED) is 0.360. The van der Waals surface area contributed by atoms with Gasteiger partial charge in [0.25, 0.3) is 0 Å². The number of benzene rings is 3. The molecule has 0 unspecified atom stereocenters. The highest BCUT2D eigenvalue weighted by atomic mass is 19.1. The Hall–Kier alpha value is -4.32. The number of nitriles is 1. The summed E-state index contributed by atoms with van der Waals surface area (Å²) in [7, 11) is 1.68. The highest BCUT2D eigenvalue weighted by molar-refractivity contribution is 5.98. The lowest BCUT2D eigenvalue weighted by Crippen LogP contribution is -2.42. The van der Waals surface area contributed by atoms with Gasteiger partial charge in [0.05, 0.1) is 35.1 Å². The Bertz CT molecular complexity index is 1470. The minimum absolute atomic E-state index is 0.0753. The van der Waals surface area contributed by atoms with Gasteiger partial charge in [0.15, 0.2) is 0 Å². The van der Waals surface area contributed by atoms with Crippen molar-refractivity contribution in [1.82, 2.24) is 15.2 Å². The third kappa shape index (κ3) is 5.49. The molecule has 2 atom stereocenters. The number of pyridine rings is 1. The summed E-state index contributed by atoms with van der Waals surface area (Å²) >= 11 is 0. The van der Waals surface area contributed by atoms with E-state index in [0.29, 0.717) is 35.4 Å². The number of carbonyl (C=O) groups excluding carboxylic acids is 1. The predicted octanol–water partition coefficient (Wildman–Crippen LogP) is 5.15. The first-order valence-corrected chi connectivity index (χ1v) is 12.5. The second kappa shape index (κ2) is 11.4. The average molecular weight is 510 g/mol. The van der Waals surface area contributed by atoms with Gasteiger partial charge in [0.1, 0.15) is 11.9 Å². The summed E-state index contributed by atoms with van der Waals surface area (Å²) in [4.78, 5) is 20.3. The van der Waals surface area contributed by atoms with Gasteiger partial charge in [-0.3, -0.25) is 4.90 Å². The molecule has 192 valence electrons. The van der Waals surface area contributed by atoms with Crippen LogP contribution in [0.1, 0.15) is 17.0 Å². The minimum atomic E-state index is -0.627. The fraction of sp³-hybridized carbons (Fsp3) is 0.233. The summed E-state index contributed by atoms with van der Waals surface area (Å²) < 4.78 is 19.6. The van der Waals surface area contributed by atoms with Crippen molar-refractivity contribution >= 4 is 22.6 Å². The first-order chi connectivity index (χ1) is 18.6. The van der Waals surface area contributed by atoms with Crippen LogP contribution in [0.4, 0.5) is 14.9 Å². The van der Waals surface area contributed by atoms with E-state index in [2.05, 4.69) is 27.7 Å². The van der Waals surface area contributed by atoms with Crippen LogP contribution in [0.3, 0.4) is 0 Å². The minimum Gasteiger partial charge on any atom is -0.383 e. The summed E-state index contributed by atoms with van der Waals surface area (Å²) in [5.74, 6) is -0.502. The fourth-order valence-corrected chi connectivity index (χ4v) is 4.99. The number of aromatic nitrogens is 1. The van der Waals surface area contributed by atoms with Crippen molar-refractivity contribution in [3.63, 3.8) is 0 Å². The molecule has 3 aromatic carbocycles. The number of nitrogens with one attached hydrogen (secondary N) is 2. The van der Waals surface area contributed by atoms with Crippen LogP contribution in [0.25, 0.3) is 22.2 Å². The van der Waals surface area contributed by atoms with E-state index in [0.717, 1.165) is 18.7 Å². The van der Waals surface area contributed by atoms with Crippen molar-refractivity contribution in [2.24, 2.45) is 0 Å². The van der Waals surface area contributed by atoms with Gasteiger partial charge in [-0.15, -0.1) is 0 Å². The molecule has 5 rings (SSSR count). The Morgan fingerprint density at radius 3 is 2.55 bits per heavy atom. The Morgan fingerprint density at radius 1 is 1.11 bits per heavy atom. The zero-order valence-corrected chi connectivity index (χ0v) is 21.0. The molecule has 7 nitrogen and oxygen atoms in total. The predicted molar refractivity (Wildman–Crippen MR) is 145 cm³/mol. The number of halogens is 1. The number of rotatable bonds is 7. The molecule has 2 heterocycles. The largest absolute Gasteiger partial charge is 0.383 e. The van der Waals surface area contributed by atoms with Gasteiger partial charge in [0.2, 0.25) is 0 Å². The number of urea groups is 1. The standard InChI is InChI=1S/C30H28FN5O2/c1-38-13-12-36-18-24(20-8-4-2-5-9-20)28(19-36)35-30(37)34-27-15-22-14-25(31)23(17-32)16-26(22)33-29(27)21-10-6-3-7-11-21/h2-11,14-16,24,28H,12-13,18-19H2,1H3,(H2,34,35,37)/t24-,28+/m0/s1. The van der Waals surface area contributed by atoms with E-state index in [1.54, 1.807) is 13.2 Å². The molecule has 38 heavy (non-hydrogen) atoms. The molecule has 0 saturated carbocycles. The molecule has 1 aromatic heterocycles. The van der Waals surface area contributed by atoms with E-state index in [1.807, 2.05) is 54.6 Å². The number of fused-ring (bicyclic) bond motifs is 1. The molecular formula is C30H28FN5O2. The van der Waals surface area contributed by atoms with Gasteiger partial charge in [0, 0.05) is 43.6 Å². The number of hydrogen-bond donors (Lipinski definition) is 2. The van der Waals surface area contributed by atoms with E-state index in [1.165, 1.54) is 17.7 Å². The van der Waals surface area contributed by atoms with Crippen molar-refractivity contribution in [3.8, 4) is 17.3 Å². The molecule has 2 amide bonds. The first kappa shape index (κ1) is 25.3. The van der Waals surface area contributed by atoms with Gasteiger partial charge in [-0.2, -0.15) is 5.26 Å². The van der Waals surface area contributed by atoms with Crippen molar-refractivity contribution < 1.29 is 13.9 Å². The lowest BCUT2D eigenvalue weighted by molar-refractivity contribution is 0.159. The van der Waals surface area contributed by atoms with E-state index in [-0.39, 0.29) is 23.6 Å². The van der Waals surface area contributed by atoms with Crippen molar-refractivity contribution in [2.45, 2.75) is 12.0 Å². The van der Waals surface area contributed by atoms with Crippen LogP contribution < -0.4 is 10.6 Å². The third-order valence-corrected chi connectivity index (χ3v) is 6.87. The summed E-state index contributed by atoms with van der Waals surface area (Å²) in [6.07, 6.45) is 0. The van der Waals surface area contributed by atoms with E-state index in [9.17, 15) is 14.4 Å². The molecule has 0 radical (unpaired) electrons. The molecule has 1 fully saturated rings. The number of hydrogen-bond acceptors (Lipinski definition) is 5. The highest BCUT2D eigenvalue weighted by Gasteiger charge is 2.34. The Balaban J connectivity index is 1.44. The first-order valence-electron chi connectivity index (χ1n) is 12.5. The summed E-state index contributed by atoms with van der Waals surface area (Å²) in [5.41, 5.74) is 3.35. The second-order valence-electron chi connectivity index (χ2n) is 9.36. The van der Waals surface area contributed by atoms with Crippen LogP contribution in [-0.4, -0.2) is 55.3 Å². The average Bonchev–Trinajstić information content (AvgIpc) is 3.34. The zero-order chi connectivity index (χ0) is 26.5. The lowest BCUT2D eigenvalue weighted by atomic mass is 9.94. The Kier molecular flexibility index (Phi) is 7.59. The van der Waals surface area contributed by atoms with Gasteiger partial charge in [-0.25, -0.2) is 14.2 Å². The number of carbonyl (C=O) groups is 1. The number of amides is 2. The summed E-state index contributed by atoms with van der Waals surface area (Å²) in [6.45, 7) is 2.90. The molecule has 1 aliphatic heterocycles. The second-order valence-corrected chi connectivity index (χ2v) is 9.36. The van der Waals surface area contributed by atoms with Gasteiger partial charge < -0.3 is 15.4 Å². The lowest BCUT2D eigenvalue weighted by Gasteiger charge is -2.21. The van der Waals surface area contributed by atoms with Gasteiger partial charge >= 0.3 is 6.03 Å². The molecule has 0 aliphatic carbocycles. The molecule has 4 aromatic rings. The van der Waals surface area contributed by atoms with Crippen molar-refractivity contribution in [2.75, 3.05) is 38.7 Å². The topological polar surface area (TPSA) is 90.3 Å². The monoisotopic (exact) mass is 509 g/mol. The molecule has 8 heteroatoms. The van der Waals surface area contributed by atoms with E-state index in [4.69, 9.17) is 9.72 Å². The maximum absolute atomic E-state index is 14.4. The Morgan fingerprint density at radius 2 is 1.84 bits per heavy atom.